The van der Waals surface area contributed by atoms with Gasteiger partial charge in [-0.05, 0) is 57.1 Å². The van der Waals surface area contributed by atoms with E-state index in [0.717, 1.165) is 70.9 Å². The Morgan fingerprint density at radius 1 is 1.19 bits per heavy atom. The van der Waals surface area contributed by atoms with Crippen molar-refractivity contribution in [1.82, 2.24) is 20.0 Å². The molecule has 7 heteroatoms. The van der Waals surface area contributed by atoms with E-state index in [1.807, 2.05) is 14.1 Å². The Labute approximate surface area is 205 Å². The van der Waals surface area contributed by atoms with Crippen molar-refractivity contribution in [2.75, 3.05) is 53.4 Å². The first-order chi connectivity index (χ1) is 14.6. The Hall–Kier alpha value is -1.35. The van der Waals surface area contributed by atoms with Crippen LogP contribution in [0.1, 0.15) is 38.2 Å². The molecule has 2 atom stereocenters. The van der Waals surface area contributed by atoms with Crippen LogP contribution in [0.2, 0.25) is 0 Å². The first-order valence-corrected chi connectivity index (χ1v) is 11.6. The second kappa shape index (κ2) is 13.3. The lowest BCUT2D eigenvalue weighted by Gasteiger charge is -2.26. The van der Waals surface area contributed by atoms with Crippen LogP contribution in [0.4, 0.5) is 0 Å². The summed E-state index contributed by atoms with van der Waals surface area (Å²) in [5, 5.41) is 3.48. The zero-order valence-electron chi connectivity index (χ0n) is 19.4. The lowest BCUT2D eigenvalue weighted by molar-refractivity contribution is -0.133. The third-order valence-corrected chi connectivity index (χ3v) is 6.24. The Bertz CT molecular complexity index is 696. The van der Waals surface area contributed by atoms with E-state index in [0.29, 0.717) is 5.92 Å². The molecule has 1 aromatic rings. The highest BCUT2D eigenvalue weighted by atomic mass is 127. The van der Waals surface area contributed by atoms with Gasteiger partial charge in [-0.15, -0.1) is 24.0 Å². The van der Waals surface area contributed by atoms with Gasteiger partial charge in [-0.1, -0.05) is 30.3 Å². The number of carbonyl (C=O) groups is 1. The number of nitrogens with one attached hydrogen (secondary N) is 1. The molecule has 0 radical (unpaired) electrons. The number of benzene rings is 1. The van der Waals surface area contributed by atoms with Crippen LogP contribution < -0.4 is 5.32 Å². The lowest BCUT2D eigenvalue weighted by Crippen LogP contribution is -2.43. The molecule has 0 aliphatic carbocycles. The van der Waals surface area contributed by atoms with Gasteiger partial charge in [0.05, 0.1) is 6.04 Å². The Kier molecular flexibility index (Phi) is 11.1. The van der Waals surface area contributed by atoms with E-state index in [-0.39, 0.29) is 35.9 Å². The summed E-state index contributed by atoms with van der Waals surface area (Å²) in [6.07, 6.45) is 5.47. The van der Waals surface area contributed by atoms with Gasteiger partial charge in [0, 0.05) is 46.8 Å². The van der Waals surface area contributed by atoms with Crippen molar-refractivity contribution in [1.29, 1.82) is 0 Å². The normalized spacial score (nSPS) is 21.8. The van der Waals surface area contributed by atoms with E-state index in [4.69, 9.17) is 4.99 Å². The number of likely N-dealkylation sites (tertiary alicyclic amines) is 2. The van der Waals surface area contributed by atoms with Crippen molar-refractivity contribution >= 4 is 35.8 Å². The average Bonchev–Trinajstić information content (AvgIpc) is 3.40. The van der Waals surface area contributed by atoms with Gasteiger partial charge < -0.3 is 15.1 Å². The SMILES string of the molecule is CCNC(=NCCCN1CCCC1C(=O)N(C)C)N1CCC(Cc2ccccc2)C1.I. The van der Waals surface area contributed by atoms with Gasteiger partial charge in [-0.3, -0.25) is 14.7 Å². The number of hydrogen-bond donors (Lipinski definition) is 1. The summed E-state index contributed by atoms with van der Waals surface area (Å²) in [7, 11) is 3.71. The predicted octanol–water partition coefficient (Wildman–Crippen LogP) is 3.08. The van der Waals surface area contributed by atoms with Gasteiger partial charge in [-0.25, -0.2) is 0 Å². The number of hydrogen-bond acceptors (Lipinski definition) is 3. The number of amides is 1. The highest BCUT2D eigenvalue weighted by Crippen LogP contribution is 2.21. The van der Waals surface area contributed by atoms with Crippen LogP contribution in [0, 0.1) is 5.92 Å². The van der Waals surface area contributed by atoms with Crippen molar-refractivity contribution in [3.8, 4) is 0 Å². The molecule has 2 heterocycles. The van der Waals surface area contributed by atoms with E-state index in [2.05, 4.69) is 52.4 Å². The summed E-state index contributed by atoms with van der Waals surface area (Å²) in [4.78, 5) is 23.8. The van der Waals surface area contributed by atoms with Crippen LogP contribution in [0.25, 0.3) is 0 Å². The Balaban J connectivity index is 0.00000341. The molecule has 2 fully saturated rings. The maximum Gasteiger partial charge on any atom is 0.239 e. The highest BCUT2D eigenvalue weighted by molar-refractivity contribution is 14.0. The molecule has 0 aromatic heterocycles. The summed E-state index contributed by atoms with van der Waals surface area (Å²) in [5.74, 6) is 1.99. The van der Waals surface area contributed by atoms with Gasteiger partial charge in [0.2, 0.25) is 5.91 Å². The van der Waals surface area contributed by atoms with Gasteiger partial charge in [-0.2, -0.15) is 0 Å². The summed E-state index contributed by atoms with van der Waals surface area (Å²) >= 11 is 0. The fourth-order valence-electron chi connectivity index (χ4n) is 4.70. The van der Waals surface area contributed by atoms with E-state index in [1.54, 1.807) is 4.90 Å². The minimum Gasteiger partial charge on any atom is -0.357 e. The molecule has 1 amide bonds. The number of aliphatic imine (C=N–C) groups is 1. The van der Waals surface area contributed by atoms with Gasteiger partial charge in [0.15, 0.2) is 5.96 Å². The van der Waals surface area contributed by atoms with E-state index >= 15 is 0 Å². The van der Waals surface area contributed by atoms with Crippen LogP contribution in [0.15, 0.2) is 35.3 Å². The average molecular weight is 542 g/mol. The molecule has 3 rings (SSSR count). The summed E-state index contributed by atoms with van der Waals surface area (Å²) in [6, 6.07) is 10.9. The molecule has 0 spiro atoms. The van der Waals surface area contributed by atoms with E-state index in [1.165, 1.54) is 12.0 Å². The van der Waals surface area contributed by atoms with Gasteiger partial charge in [0.25, 0.3) is 0 Å². The zero-order valence-corrected chi connectivity index (χ0v) is 21.8. The summed E-state index contributed by atoms with van der Waals surface area (Å²) in [6.45, 7) is 7.97. The van der Waals surface area contributed by atoms with Crippen LogP contribution >= 0.6 is 24.0 Å². The van der Waals surface area contributed by atoms with Crippen molar-refractivity contribution < 1.29 is 4.79 Å². The minimum atomic E-state index is 0. The topological polar surface area (TPSA) is 51.2 Å². The number of carbonyl (C=O) groups excluding carboxylic acids is 1. The maximum atomic E-state index is 12.4. The summed E-state index contributed by atoms with van der Waals surface area (Å²) in [5.41, 5.74) is 1.43. The molecule has 1 N–H and O–H groups in total. The molecule has 174 valence electrons. The molecular formula is C24H40IN5O. The number of nitrogens with zero attached hydrogens (tertiary/aromatic N) is 4. The zero-order chi connectivity index (χ0) is 21.3. The fourth-order valence-corrected chi connectivity index (χ4v) is 4.70. The third-order valence-electron chi connectivity index (χ3n) is 6.24. The standard InChI is InChI=1S/C24H39N5O.HI/c1-4-25-24(29-17-13-21(19-29)18-20-10-6-5-7-11-20)26-14-9-16-28-15-8-12-22(28)23(30)27(2)3;/h5-7,10-11,21-22H,4,8-9,12-19H2,1-3H3,(H,25,26);1H. The van der Waals surface area contributed by atoms with Crippen molar-refractivity contribution in [2.45, 2.75) is 45.1 Å². The number of rotatable bonds is 8. The van der Waals surface area contributed by atoms with Crippen LogP contribution in [-0.2, 0) is 11.2 Å². The summed E-state index contributed by atoms with van der Waals surface area (Å²) < 4.78 is 0. The maximum absolute atomic E-state index is 12.4. The Morgan fingerprint density at radius 2 is 1.97 bits per heavy atom. The third kappa shape index (κ3) is 7.63. The van der Waals surface area contributed by atoms with Gasteiger partial charge >= 0.3 is 0 Å². The van der Waals surface area contributed by atoms with Crippen LogP contribution in [0.5, 0.6) is 0 Å². The minimum absolute atomic E-state index is 0. The number of guanidine groups is 1. The van der Waals surface area contributed by atoms with Gasteiger partial charge in [0.1, 0.15) is 0 Å². The second-order valence-electron chi connectivity index (χ2n) is 8.81. The lowest BCUT2D eigenvalue weighted by atomic mass is 9.99. The quantitative estimate of drug-likeness (QED) is 0.238. The predicted molar refractivity (Wildman–Crippen MR) is 139 cm³/mol. The molecular weight excluding hydrogens is 501 g/mol. The fraction of sp³-hybridized carbons (Fsp3) is 0.667. The van der Waals surface area contributed by atoms with Crippen LogP contribution in [0.3, 0.4) is 0 Å². The molecule has 6 nitrogen and oxygen atoms in total. The molecule has 2 aliphatic rings. The first kappa shape index (κ1) is 25.9. The van der Waals surface area contributed by atoms with Crippen molar-refractivity contribution in [3.05, 3.63) is 35.9 Å². The Morgan fingerprint density at radius 3 is 2.68 bits per heavy atom. The van der Waals surface area contributed by atoms with Crippen molar-refractivity contribution in [2.24, 2.45) is 10.9 Å². The molecule has 1 aromatic carbocycles. The smallest absolute Gasteiger partial charge is 0.239 e. The number of halogens is 1. The monoisotopic (exact) mass is 541 g/mol. The highest BCUT2D eigenvalue weighted by Gasteiger charge is 2.31. The molecule has 2 aliphatic heterocycles. The molecule has 2 unspecified atom stereocenters. The molecule has 31 heavy (non-hydrogen) atoms. The first-order valence-electron chi connectivity index (χ1n) is 11.6. The molecule has 2 saturated heterocycles. The van der Waals surface area contributed by atoms with E-state index < -0.39 is 0 Å². The van der Waals surface area contributed by atoms with Crippen molar-refractivity contribution in [3.63, 3.8) is 0 Å². The number of likely N-dealkylation sites (N-methyl/N-ethyl adjacent to an activating group) is 1. The van der Waals surface area contributed by atoms with Crippen LogP contribution in [-0.4, -0.2) is 86.0 Å². The van der Waals surface area contributed by atoms with E-state index in [9.17, 15) is 4.79 Å². The molecule has 0 bridgehead atoms. The molecule has 0 saturated carbocycles. The second-order valence-corrected chi connectivity index (χ2v) is 8.81. The largest absolute Gasteiger partial charge is 0.357 e.